The first kappa shape index (κ1) is 13.9. The molecule has 5 heteroatoms. The monoisotopic (exact) mass is 250 g/mol. The van der Waals surface area contributed by atoms with Crippen molar-refractivity contribution in [2.24, 2.45) is 0 Å². The molecule has 0 fully saturated rings. The highest BCUT2D eigenvalue weighted by molar-refractivity contribution is 6.03. The van der Waals surface area contributed by atoms with E-state index in [1.165, 1.54) is 33.3 Å². The van der Waals surface area contributed by atoms with Crippen molar-refractivity contribution in [3.63, 3.8) is 0 Å². The van der Waals surface area contributed by atoms with Crippen LogP contribution in [0.4, 0.5) is 0 Å². The maximum Gasteiger partial charge on any atom is 0.338 e. The number of ether oxygens (including phenoxy) is 2. The molecule has 1 aromatic carbocycles. The molecule has 0 N–H and O–H groups in total. The fraction of sp³-hybridized carbons (Fsp3) is 0.308. The van der Waals surface area contributed by atoms with Crippen molar-refractivity contribution in [2.45, 2.75) is 13.3 Å². The molecule has 0 aliphatic heterocycles. The molecule has 1 aromatic rings. The van der Waals surface area contributed by atoms with Crippen molar-refractivity contribution in [3.05, 3.63) is 34.9 Å². The number of rotatable bonds is 4. The van der Waals surface area contributed by atoms with Crippen molar-refractivity contribution in [2.75, 3.05) is 14.2 Å². The Kier molecular flexibility index (Phi) is 4.59. The summed E-state index contributed by atoms with van der Waals surface area (Å²) < 4.78 is 9.18. The van der Waals surface area contributed by atoms with Crippen molar-refractivity contribution in [1.29, 1.82) is 0 Å². The zero-order valence-electron chi connectivity index (χ0n) is 10.5. The molecule has 0 bridgehead atoms. The molecule has 0 amide bonds. The van der Waals surface area contributed by atoms with E-state index in [1.807, 2.05) is 0 Å². The summed E-state index contributed by atoms with van der Waals surface area (Å²) in [6.45, 7) is 1.45. The zero-order chi connectivity index (χ0) is 13.7. The third kappa shape index (κ3) is 3.16. The van der Waals surface area contributed by atoms with Gasteiger partial charge in [-0.15, -0.1) is 0 Å². The van der Waals surface area contributed by atoms with Crippen LogP contribution in [-0.4, -0.2) is 31.9 Å². The van der Waals surface area contributed by atoms with Gasteiger partial charge in [0.25, 0.3) is 0 Å². The molecule has 0 spiro atoms. The largest absolute Gasteiger partial charge is 0.465 e. The van der Waals surface area contributed by atoms with E-state index in [0.717, 1.165) is 0 Å². The second kappa shape index (κ2) is 5.95. The molecular formula is C13H14O5. The summed E-state index contributed by atoms with van der Waals surface area (Å²) in [5.41, 5.74) is 0.871. The Hall–Kier alpha value is -2.17. The van der Waals surface area contributed by atoms with E-state index in [2.05, 4.69) is 9.47 Å². The first-order valence-electron chi connectivity index (χ1n) is 5.28. The predicted octanol–water partition coefficient (Wildman–Crippen LogP) is 1.39. The van der Waals surface area contributed by atoms with Crippen LogP contribution < -0.4 is 0 Å². The van der Waals surface area contributed by atoms with Crippen molar-refractivity contribution < 1.29 is 23.9 Å². The average Bonchev–Trinajstić information content (AvgIpc) is 2.36. The third-order valence-electron chi connectivity index (χ3n) is 2.35. The van der Waals surface area contributed by atoms with Gasteiger partial charge < -0.3 is 9.47 Å². The van der Waals surface area contributed by atoms with E-state index >= 15 is 0 Å². The lowest BCUT2D eigenvalue weighted by Gasteiger charge is -2.08. The van der Waals surface area contributed by atoms with Gasteiger partial charge in [-0.2, -0.15) is 0 Å². The summed E-state index contributed by atoms with van der Waals surface area (Å²) in [5, 5.41) is 0. The van der Waals surface area contributed by atoms with Gasteiger partial charge >= 0.3 is 11.9 Å². The molecule has 0 saturated heterocycles. The number of carbonyl (C=O) groups excluding carboxylic acids is 3. The minimum Gasteiger partial charge on any atom is -0.465 e. The molecule has 18 heavy (non-hydrogen) atoms. The molecule has 0 radical (unpaired) electrons. The fourth-order valence-electron chi connectivity index (χ4n) is 1.56. The maximum absolute atomic E-state index is 11.6. The van der Waals surface area contributed by atoms with Crippen LogP contribution in [0.25, 0.3) is 0 Å². The van der Waals surface area contributed by atoms with Crippen LogP contribution in [-0.2, 0) is 20.7 Å². The lowest BCUT2D eigenvalue weighted by molar-refractivity contribution is -0.116. The van der Waals surface area contributed by atoms with Crippen LogP contribution in [0.1, 0.15) is 33.2 Å². The SMILES string of the molecule is COC(=O)c1ccc(CC(C)=O)cc1C(=O)OC. The van der Waals surface area contributed by atoms with Crippen molar-refractivity contribution in [3.8, 4) is 0 Å². The Morgan fingerprint density at radius 2 is 1.56 bits per heavy atom. The maximum atomic E-state index is 11.6. The van der Waals surface area contributed by atoms with Gasteiger partial charge in [-0.05, 0) is 24.6 Å². The van der Waals surface area contributed by atoms with E-state index in [0.29, 0.717) is 5.56 Å². The number of carbonyl (C=O) groups is 3. The number of hydrogen-bond acceptors (Lipinski definition) is 5. The smallest absolute Gasteiger partial charge is 0.338 e. The van der Waals surface area contributed by atoms with Crippen LogP contribution in [0.2, 0.25) is 0 Å². The molecule has 0 saturated carbocycles. The van der Waals surface area contributed by atoms with Crippen molar-refractivity contribution in [1.82, 2.24) is 0 Å². The number of benzene rings is 1. The van der Waals surface area contributed by atoms with Gasteiger partial charge in [-0.25, -0.2) is 9.59 Å². The van der Waals surface area contributed by atoms with E-state index in [1.54, 1.807) is 6.07 Å². The van der Waals surface area contributed by atoms with Crippen LogP contribution in [0.15, 0.2) is 18.2 Å². The van der Waals surface area contributed by atoms with E-state index < -0.39 is 11.9 Å². The second-order valence-electron chi connectivity index (χ2n) is 3.74. The van der Waals surface area contributed by atoms with Gasteiger partial charge in [-0.3, -0.25) is 4.79 Å². The summed E-state index contributed by atoms with van der Waals surface area (Å²) >= 11 is 0. The molecule has 0 unspecified atom stereocenters. The Labute approximate surface area is 105 Å². The van der Waals surface area contributed by atoms with Gasteiger partial charge in [0.2, 0.25) is 0 Å². The normalized spacial score (nSPS) is 9.72. The number of hydrogen-bond donors (Lipinski definition) is 0. The third-order valence-corrected chi connectivity index (χ3v) is 2.35. The Morgan fingerprint density at radius 3 is 2.06 bits per heavy atom. The summed E-state index contributed by atoms with van der Waals surface area (Å²) in [4.78, 5) is 34.1. The van der Waals surface area contributed by atoms with E-state index in [9.17, 15) is 14.4 Å². The summed E-state index contributed by atoms with van der Waals surface area (Å²) in [7, 11) is 2.45. The molecule has 1 rings (SSSR count). The molecule has 0 atom stereocenters. The van der Waals surface area contributed by atoms with Crippen LogP contribution in [0.3, 0.4) is 0 Å². The van der Waals surface area contributed by atoms with Gasteiger partial charge in [0.15, 0.2) is 0 Å². The predicted molar refractivity (Wildman–Crippen MR) is 63.5 cm³/mol. The molecule has 0 aromatic heterocycles. The number of Topliss-reactive ketones (excluding diaryl/α,β-unsaturated/α-hetero) is 1. The highest BCUT2D eigenvalue weighted by Crippen LogP contribution is 2.15. The lowest BCUT2D eigenvalue weighted by atomic mass is 10.0. The summed E-state index contributed by atoms with van der Waals surface area (Å²) in [6, 6.07) is 4.54. The molecular weight excluding hydrogens is 236 g/mol. The van der Waals surface area contributed by atoms with Crippen LogP contribution >= 0.6 is 0 Å². The second-order valence-corrected chi connectivity index (χ2v) is 3.74. The minimum absolute atomic E-state index is 0.0309. The van der Waals surface area contributed by atoms with Gasteiger partial charge in [0, 0.05) is 6.42 Å². The van der Waals surface area contributed by atoms with E-state index in [-0.39, 0.29) is 23.3 Å². The quantitative estimate of drug-likeness (QED) is 0.755. The highest BCUT2D eigenvalue weighted by Gasteiger charge is 2.19. The molecule has 5 nitrogen and oxygen atoms in total. The van der Waals surface area contributed by atoms with Crippen molar-refractivity contribution >= 4 is 17.7 Å². The van der Waals surface area contributed by atoms with Gasteiger partial charge in [0.05, 0.1) is 25.3 Å². The van der Waals surface area contributed by atoms with Gasteiger partial charge in [-0.1, -0.05) is 6.07 Å². The Bertz CT molecular complexity index is 490. The first-order valence-corrected chi connectivity index (χ1v) is 5.28. The average molecular weight is 250 g/mol. The Morgan fingerprint density at radius 1 is 1.00 bits per heavy atom. The van der Waals surface area contributed by atoms with Crippen LogP contribution in [0.5, 0.6) is 0 Å². The summed E-state index contributed by atoms with van der Waals surface area (Å²) in [6.07, 6.45) is 0.200. The molecule has 0 aliphatic carbocycles. The first-order chi connectivity index (χ1) is 8.49. The molecule has 96 valence electrons. The summed E-state index contributed by atoms with van der Waals surface area (Å²) in [5.74, 6) is -1.29. The number of ketones is 1. The van der Waals surface area contributed by atoms with Gasteiger partial charge in [0.1, 0.15) is 5.78 Å². The Balaban J connectivity index is 3.24. The number of esters is 2. The molecule has 0 aliphatic rings. The lowest BCUT2D eigenvalue weighted by Crippen LogP contribution is -2.12. The zero-order valence-corrected chi connectivity index (χ0v) is 10.5. The fourth-order valence-corrected chi connectivity index (χ4v) is 1.56. The standard InChI is InChI=1S/C13H14O5/c1-8(14)6-9-4-5-10(12(15)17-2)11(7-9)13(16)18-3/h4-5,7H,6H2,1-3H3. The topological polar surface area (TPSA) is 69.7 Å². The molecule has 0 heterocycles. The minimum atomic E-state index is -0.638. The van der Waals surface area contributed by atoms with Crippen LogP contribution in [0, 0.1) is 0 Å². The highest BCUT2D eigenvalue weighted by atomic mass is 16.5. The number of methoxy groups -OCH3 is 2. The van der Waals surface area contributed by atoms with E-state index in [4.69, 9.17) is 0 Å².